The maximum Gasteiger partial charge on any atom is 0.374 e. The summed E-state index contributed by atoms with van der Waals surface area (Å²) in [4.78, 5) is 37.4. The first-order chi connectivity index (χ1) is 13.9. The SMILES string of the molecule is COC(=O)c1occc1COC(=O)c1ccccc1C(=O)c1cc(C)ccc1C. The molecular formula is C23H20O6. The average Bonchev–Trinajstić information content (AvgIpc) is 3.21. The van der Waals surface area contributed by atoms with Crippen LogP contribution in [0.2, 0.25) is 0 Å². The molecule has 1 heterocycles. The fraction of sp³-hybridized carbons (Fsp3) is 0.174. The number of carbonyl (C=O) groups excluding carboxylic acids is 3. The maximum atomic E-state index is 13.1. The number of methoxy groups -OCH3 is 1. The van der Waals surface area contributed by atoms with Gasteiger partial charge in [0.25, 0.3) is 0 Å². The molecule has 0 N–H and O–H groups in total. The van der Waals surface area contributed by atoms with Crippen LogP contribution < -0.4 is 0 Å². The van der Waals surface area contributed by atoms with E-state index in [0.29, 0.717) is 11.1 Å². The zero-order valence-corrected chi connectivity index (χ0v) is 16.4. The van der Waals surface area contributed by atoms with E-state index >= 15 is 0 Å². The third-order valence-corrected chi connectivity index (χ3v) is 4.51. The van der Waals surface area contributed by atoms with Crippen molar-refractivity contribution >= 4 is 17.7 Å². The highest BCUT2D eigenvalue weighted by Gasteiger charge is 2.22. The van der Waals surface area contributed by atoms with Crippen LogP contribution in [0.25, 0.3) is 0 Å². The van der Waals surface area contributed by atoms with Crippen LogP contribution in [-0.2, 0) is 16.1 Å². The molecule has 6 nitrogen and oxygen atoms in total. The second-order valence-electron chi connectivity index (χ2n) is 6.54. The topological polar surface area (TPSA) is 82.8 Å². The van der Waals surface area contributed by atoms with Crippen molar-refractivity contribution in [2.45, 2.75) is 20.5 Å². The molecule has 0 bridgehead atoms. The van der Waals surface area contributed by atoms with Crippen LogP contribution in [-0.4, -0.2) is 24.8 Å². The summed E-state index contributed by atoms with van der Waals surface area (Å²) in [6.07, 6.45) is 1.31. The molecule has 0 amide bonds. The van der Waals surface area contributed by atoms with Crippen molar-refractivity contribution in [2.75, 3.05) is 7.11 Å². The minimum atomic E-state index is -0.670. The van der Waals surface area contributed by atoms with Gasteiger partial charge in [-0.1, -0.05) is 35.9 Å². The third kappa shape index (κ3) is 4.27. The van der Waals surface area contributed by atoms with Gasteiger partial charge in [-0.2, -0.15) is 0 Å². The van der Waals surface area contributed by atoms with Crippen molar-refractivity contribution < 1.29 is 28.3 Å². The molecule has 0 aliphatic heterocycles. The van der Waals surface area contributed by atoms with Gasteiger partial charge in [0.2, 0.25) is 5.76 Å². The van der Waals surface area contributed by atoms with E-state index in [2.05, 4.69) is 4.74 Å². The number of carbonyl (C=O) groups is 3. The number of rotatable bonds is 6. The van der Waals surface area contributed by atoms with Gasteiger partial charge < -0.3 is 13.9 Å². The summed E-state index contributed by atoms with van der Waals surface area (Å²) in [7, 11) is 1.23. The molecule has 29 heavy (non-hydrogen) atoms. The maximum absolute atomic E-state index is 13.1. The molecular weight excluding hydrogens is 372 g/mol. The standard InChI is InChI=1S/C23H20O6/c1-14-8-9-15(2)19(12-14)20(24)17-6-4-5-7-18(17)22(25)29-13-16-10-11-28-21(16)23(26)27-3/h4-12H,13H2,1-3H3. The van der Waals surface area contributed by atoms with E-state index in [1.165, 1.54) is 25.5 Å². The van der Waals surface area contributed by atoms with Crippen molar-refractivity contribution in [1.29, 1.82) is 0 Å². The Balaban J connectivity index is 1.84. The van der Waals surface area contributed by atoms with Crippen LogP contribution in [0.5, 0.6) is 0 Å². The molecule has 3 aromatic rings. The highest BCUT2D eigenvalue weighted by Crippen LogP contribution is 2.20. The Hall–Kier alpha value is -3.67. The molecule has 2 aromatic carbocycles. The van der Waals surface area contributed by atoms with Gasteiger partial charge in [0.05, 0.1) is 18.9 Å². The second kappa shape index (κ2) is 8.56. The van der Waals surface area contributed by atoms with Crippen molar-refractivity contribution in [2.24, 2.45) is 0 Å². The number of benzene rings is 2. The van der Waals surface area contributed by atoms with Gasteiger partial charge in [0.15, 0.2) is 5.78 Å². The first-order valence-corrected chi connectivity index (χ1v) is 8.95. The number of hydrogen-bond donors (Lipinski definition) is 0. The van der Waals surface area contributed by atoms with E-state index in [4.69, 9.17) is 9.15 Å². The lowest BCUT2D eigenvalue weighted by atomic mass is 9.94. The number of aryl methyl sites for hydroxylation is 2. The summed E-state index contributed by atoms with van der Waals surface area (Å²) in [5.41, 5.74) is 3.10. The van der Waals surface area contributed by atoms with E-state index in [1.54, 1.807) is 24.3 Å². The fourth-order valence-electron chi connectivity index (χ4n) is 2.93. The molecule has 148 valence electrons. The molecule has 3 rings (SSSR count). The first kappa shape index (κ1) is 20.1. The van der Waals surface area contributed by atoms with E-state index in [9.17, 15) is 14.4 Å². The van der Waals surface area contributed by atoms with Gasteiger partial charge in [-0.15, -0.1) is 0 Å². The molecule has 0 saturated carbocycles. The molecule has 0 atom stereocenters. The molecule has 1 aromatic heterocycles. The molecule has 6 heteroatoms. The average molecular weight is 392 g/mol. The molecule has 0 saturated heterocycles. The minimum absolute atomic E-state index is 0.0277. The zero-order valence-electron chi connectivity index (χ0n) is 16.4. The highest BCUT2D eigenvalue weighted by atomic mass is 16.5. The number of hydrogen-bond acceptors (Lipinski definition) is 6. The number of ether oxygens (including phenoxy) is 2. The first-order valence-electron chi connectivity index (χ1n) is 8.95. The third-order valence-electron chi connectivity index (χ3n) is 4.51. The number of ketones is 1. The van der Waals surface area contributed by atoms with Gasteiger partial charge in [-0.3, -0.25) is 4.79 Å². The zero-order chi connectivity index (χ0) is 21.0. The van der Waals surface area contributed by atoms with Gasteiger partial charge in [0.1, 0.15) is 6.61 Å². The Morgan fingerprint density at radius 1 is 0.897 bits per heavy atom. The van der Waals surface area contributed by atoms with E-state index in [-0.39, 0.29) is 29.3 Å². The molecule has 0 spiro atoms. The van der Waals surface area contributed by atoms with Crippen LogP contribution in [0.1, 0.15) is 53.5 Å². The molecule has 0 aliphatic rings. The predicted octanol–water partition coefficient (Wildman–Crippen LogP) is 4.27. The lowest BCUT2D eigenvalue weighted by Gasteiger charge is -2.11. The van der Waals surface area contributed by atoms with E-state index in [1.807, 2.05) is 26.0 Å². The Kier molecular flexibility index (Phi) is 5.93. The molecule has 0 unspecified atom stereocenters. The van der Waals surface area contributed by atoms with Gasteiger partial charge >= 0.3 is 11.9 Å². The lowest BCUT2D eigenvalue weighted by Crippen LogP contribution is -2.14. The Bertz CT molecular complexity index is 1080. The fourth-order valence-corrected chi connectivity index (χ4v) is 2.93. The normalized spacial score (nSPS) is 10.4. The lowest BCUT2D eigenvalue weighted by molar-refractivity contribution is 0.0451. The quantitative estimate of drug-likeness (QED) is 0.460. The highest BCUT2D eigenvalue weighted by molar-refractivity contribution is 6.15. The molecule has 0 aliphatic carbocycles. The van der Waals surface area contributed by atoms with Crippen molar-refractivity contribution in [1.82, 2.24) is 0 Å². The van der Waals surface area contributed by atoms with E-state index < -0.39 is 11.9 Å². The molecule has 0 radical (unpaired) electrons. The summed E-state index contributed by atoms with van der Waals surface area (Å²) >= 11 is 0. The van der Waals surface area contributed by atoms with Crippen LogP contribution in [0.4, 0.5) is 0 Å². The van der Waals surface area contributed by atoms with Crippen LogP contribution in [0.15, 0.2) is 59.2 Å². The van der Waals surface area contributed by atoms with Crippen LogP contribution in [0.3, 0.4) is 0 Å². The van der Waals surface area contributed by atoms with Crippen molar-refractivity contribution in [3.05, 3.63) is 93.9 Å². The van der Waals surface area contributed by atoms with Gasteiger partial charge in [-0.05, 0) is 37.6 Å². The number of esters is 2. The summed E-state index contributed by atoms with van der Waals surface area (Å²) in [5.74, 6) is -1.61. The minimum Gasteiger partial charge on any atom is -0.463 e. The number of furan rings is 1. The van der Waals surface area contributed by atoms with E-state index in [0.717, 1.165) is 11.1 Å². The summed E-state index contributed by atoms with van der Waals surface area (Å²) in [6, 6.07) is 13.6. The summed E-state index contributed by atoms with van der Waals surface area (Å²) in [6.45, 7) is 3.56. The molecule has 0 fully saturated rings. The van der Waals surface area contributed by atoms with Crippen molar-refractivity contribution in [3.63, 3.8) is 0 Å². The summed E-state index contributed by atoms with van der Waals surface area (Å²) < 4.78 is 15.0. The van der Waals surface area contributed by atoms with Crippen LogP contribution in [0, 0.1) is 13.8 Å². The second-order valence-corrected chi connectivity index (χ2v) is 6.54. The Morgan fingerprint density at radius 2 is 1.62 bits per heavy atom. The summed E-state index contributed by atoms with van der Waals surface area (Å²) in [5, 5.41) is 0. The Labute approximate surface area is 168 Å². The predicted molar refractivity (Wildman–Crippen MR) is 105 cm³/mol. The van der Waals surface area contributed by atoms with Crippen molar-refractivity contribution in [3.8, 4) is 0 Å². The van der Waals surface area contributed by atoms with Crippen LogP contribution >= 0.6 is 0 Å². The smallest absolute Gasteiger partial charge is 0.374 e. The monoisotopic (exact) mass is 392 g/mol. The largest absolute Gasteiger partial charge is 0.463 e. The van der Waals surface area contributed by atoms with Gasteiger partial charge in [-0.25, -0.2) is 9.59 Å². The van der Waals surface area contributed by atoms with Gasteiger partial charge in [0, 0.05) is 16.7 Å². The Morgan fingerprint density at radius 3 is 2.34 bits per heavy atom.